The predicted molar refractivity (Wildman–Crippen MR) is 71.7 cm³/mol. The van der Waals surface area contributed by atoms with E-state index in [0.717, 1.165) is 6.42 Å². The van der Waals surface area contributed by atoms with Crippen LogP contribution in [0.5, 0.6) is 0 Å². The van der Waals surface area contributed by atoms with Gasteiger partial charge >= 0.3 is 0 Å². The van der Waals surface area contributed by atoms with E-state index in [1.54, 1.807) is 0 Å². The number of hydrogen-bond donors (Lipinski definition) is 1. The highest BCUT2D eigenvalue weighted by molar-refractivity contribution is 7.92. The van der Waals surface area contributed by atoms with Gasteiger partial charge in [-0.05, 0) is 31.0 Å². The van der Waals surface area contributed by atoms with Gasteiger partial charge in [-0.25, -0.2) is 8.42 Å². The van der Waals surface area contributed by atoms with Crippen LogP contribution in [0.2, 0.25) is 0 Å². The van der Waals surface area contributed by atoms with Crippen LogP contribution in [0.15, 0.2) is 24.3 Å². The van der Waals surface area contributed by atoms with Crippen LogP contribution in [0, 0.1) is 0 Å². The molecule has 5 heteroatoms. The first-order valence-corrected chi connectivity index (χ1v) is 7.45. The summed E-state index contributed by atoms with van der Waals surface area (Å²) in [4.78, 5) is 0. The minimum Gasteiger partial charge on any atom is -0.329 e. The number of nitrogens with two attached hydrogens (primary N) is 1. The van der Waals surface area contributed by atoms with Gasteiger partial charge in [0.05, 0.1) is 11.4 Å². The van der Waals surface area contributed by atoms with Gasteiger partial charge in [-0.3, -0.25) is 4.31 Å². The van der Waals surface area contributed by atoms with E-state index in [1.807, 2.05) is 31.2 Å². The molecule has 0 aliphatic carbocycles. The van der Waals surface area contributed by atoms with E-state index in [-0.39, 0.29) is 12.3 Å². The van der Waals surface area contributed by atoms with Gasteiger partial charge in [0.1, 0.15) is 0 Å². The molecule has 0 saturated heterocycles. The van der Waals surface area contributed by atoms with Gasteiger partial charge in [-0.1, -0.05) is 19.1 Å². The Morgan fingerprint density at radius 2 is 1.76 bits per heavy atom. The molecule has 0 unspecified atom stereocenters. The molecule has 0 heterocycles. The summed E-state index contributed by atoms with van der Waals surface area (Å²) >= 11 is 0. The fourth-order valence-corrected chi connectivity index (χ4v) is 3.05. The van der Waals surface area contributed by atoms with Crippen molar-refractivity contribution in [2.75, 3.05) is 23.1 Å². The van der Waals surface area contributed by atoms with Gasteiger partial charge in [0.2, 0.25) is 10.0 Å². The van der Waals surface area contributed by atoms with Crippen LogP contribution in [-0.4, -0.2) is 27.3 Å². The van der Waals surface area contributed by atoms with E-state index in [9.17, 15) is 8.42 Å². The molecule has 1 rings (SSSR count). The van der Waals surface area contributed by atoms with Crippen molar-refractivity contribution in [3.05, 3.63) is 29.8 Å². The van der Waals surface area contributed by atoms with Crippen molar-refractivity contribution < 1.29 is 8.42 Å². The highest BCUT2D eigenvalue weighted by Crippen LogP contribution is 2.19. The van der Waals surface area contributed by atoms with Crippen LogP contribution in [0.4, 0.5) is 5.69 Å². The maximum Gasteiger partial charge on any atom is 0.236 e. The van der Waals surface area contributed by atoms with E-state index in [4.69, 9.17) is 5.73 Å². The Hall–Kier alpha value is -1.07. The molecule has 0 aliphatic heterocycles. The number of hydrogen-bond acceptors (Lipinski definition) is 3. The number of benzene rings is 1. The Kier molecular flexibility index (Phi) is 4.96. The van der Waals surface area contributed by atoms with Gasteiger partial charge in [-0.15, -0.1) is 0 Å². The van der Waals surface area contributed by atoms with Crippen LogP contribution < -0.4 is 10.0 Å². The molecule has 0 radical (unpaired) electrons. The molecular formula is C12H20N2O2S. The van der Waals surface area contributed by atoms with Crippen LogP contribution in [-0.2, 0) is 16.4 Å². The SMILES string of the molecule is CCc1ccc(N(CC)S(=O)(=O)CCN)cc1. The first kappa shape index (κ1) is 14.0. The molecule has 96 valence electrons. The monoisotopic (exact) mass is 256 g/mol. The van der Waals surface area contributed by atoms with E-state index in [1.165, 1.54) is 9.87 Å². The van der Waals surface area contributed by atoms with E-state index in [0.29, 0.717) is 12.2 Å². The third kappa shape index (κ3) is 3.44. The predicted octanol–water partition coefficient (Wildman–Crippen LogP) is 1.36. The van der Waals surface area contributed by atoms with Crippen LogP contribution in [0.3, 0.4) is 0 Å². The first-order chi connectivity index (χ1) is 8.05. The second kappa shape index (κ2) is 6.02. The highest BCUT2D eigenvalue weighted by atomic mass is 32.2. The molecule has 2 N–H and O–H groups in total. The van der Waals surface area contributed by atoms with Crippen molar-refractivity contribution in [2.24, 2.45) is 5.73 Å². The summed E-state index contributed by atoms with van der Waals surface area (Å²) < 4.78 is 25.3. The Bertz CT molecular complexity index is 440. The molecule has 0 fully saturated rings. The summed E-state index contributed by atoms with van der Waals surface area (Å²) in [5.41, 5.74) is 7.23. The smallest absolute Gasteiger partial charge is 0.236 e. The molecular weight excluding hydrogens is 236 g/mol. The lowest BCUT2D eigenvalue weighted by molar-refractivity contribution is 0.591. The van der Waals surface area contributed by atoms with Gasteiger partial charge in [-0.2, -0.15) is 0 Å². The van der Waals surface area contributed by atoms with Crippen molar-refractivity contribution in [3.8, 4) is 0 Å². The third-order valence-electron chi connectivity index (χ3n) is 2.63. The zero-order chi connectivity index (χ0) is 12.9. The lowest BCUT2D eigenvalue weighted by Crippen LogP contribution is -2.35. The quantitative estimate of drug-likeness (QED) is 0.836. The standard InChI is InChI=1S/C12H20N2O2S/c1-3-11-5-7-12(8-6-11)14(4-2)17(15,16)10-9-13/h5-8H,3-4,9-10,13H2,1-2H3. The Balaban J connectivity index is 3.01. The topological polar surface area (TPSA) is 63.4 Å². The molecule has 1 aromatic carbocycles. The van der Waals surface area contributed by atoms with Gasteiger partial charge in [0.15, 0.2) is 0 Å². The maximum atomic E-state index is 12.0. The molecule has 1 aromatic rings. The third-order valence-corrected chi connectivity index (χ3v) is 4.52. The molecule has 0 bridgehead atoms. The maximum absolute atomic E-state index is 12.0. The van der Waals surface area contributed by atoms with Crippen molar-refractivity contribution >= 4 is 15.7 Å². The van der Waals surface area contributed by atoms with Crippen LogP contribution in [0.25, 0.3) is 0 Å². The zero-order valence-electron chi connectivity index (χ0n) is 10.4. The number of sulfonamides is 1. The largest absolute Gasteiger partial charge is 0.329 e. The van der Waals surface area contributed by atoms with Crippen molar-refractivity contribution in [1.29, 1.82) is 0 Å². The summed E-state index contributed by atoms with van der Waals surface area (Å²) in [6.07, 6.45) is 0.946. The molecule has 17 heavy (non-hydrogen) atoms. The van der Waals surface area contributed by atoms with Gasteiger partial charge in [0, 0.05) is 13.1 Å². The summed E-state index contributed by atoms with van der Waals surface area (Å²) in [7, 11) is -3.29. The second-order valence-corrected chi connectivity index (χ2v) is 5.80. The normalized spacial score (nSPS) is 11.5. The summed E-state index contributed by atoms with van der Waals surface area (Å²) in [5, 5.41) is 0. The molecule has 0 amide bonds. The molecule has 4 nitrogen and oxygen atoms in total. The van der Waals surface area contributed by atoms with Gasteiger partial charge < -0.3 is 5.73 Å². The fraction of sp³-hybridized carbons (Fsp3) is 0.500. The van der Waals surface area contributed by atoms with Gasteiger partial charge in [0.25, 0.3) is 0 Å². The van der Waals surface area contributed by atoms with Crippen molar-refractivity contribution in [2.45, 2.75) is 20.3 Å². The molecule has 0 saturated carbocycles. The fourth-order valence-electron chi connectivity index (χ4n) is 1.70. The van der Waals surface area contributed by atoms with Crippen molar-refractivity contribution in [1.82, 2.24) is 0 Å². The lowest BCUT2D eigenvalue weighted by Gasteiger charge is -2.22. The number of nitrogens with zero attached hydrogens (tertiary/aromatic N) is 1. The molecule has 0 aliphatic rings. The minimum atomic E-state index is -3.29. The average Bonchev–Trinajstić information content (AvgIpc) is 2.30. The summed E-state index contributed by atoms with van der Waals surface area (Å²) in [5.74, 6) is -0.0175. The van der Waals surface area contributed by atoms with E-state index in [2.05, 4.69) is 6.92 Å². The van der Waals surface area contributed by atoms with Crippen LogP contribution in [0.1, 0.15) is 19.4 Å². The second-order valence-electron chi connectivity index (χ2n) is 3.79. The highest BCUT2D eigenvalue weighted by Gasteiger charge is 2.19. The number of rotatable bonds is 6. The summed E-state index contributed by atoms with van der Waals surface area (Å²) in [6, 6.07) is 7.60. The number of anilines is 1. The van der Waals surface area contributed by atoms with E-state index >= 15 is 0 Å². The first-order valence-electron chi connectivity index (χ1n) is 5.84. The zero-order valence-corrected chi connectivity index (χ0v) is 11.2. The van der Waals surface area contributed by atoms with Crippen LogP contribution >= 0.6 is 0 Å². The Morgan fingerprint density at radius 1 is 1.18 bits per heavy atom. The Labute approximate surface area is 103 Å². The van der Waals surface area contributed by atoms with Crippen molar-refractivity contribution in [3.63, 3.8) is 0 Å². The number of aryl methyl sites for hydroxylation is 1. The molecule has 0 aromatic heterocycles. The average molecular weight is 256 g/mol. The molecule has 0 atom stereocenters. The summed E-state index contributed by atoms with van der Waals surface area (Å²) in [6.45, 7) is 4.46. The Morgan fingerprint density at radius 3 is 2.18 bits per heavy atom. The minimum absolute atomic E-state index is 0.0175. The molecule has 0 spiro atoms. The lowest BCUT2D eigenvalue weighted by atomic mass is 10.1. The van der Waals surface area contributed by atoms with E-state index < -0.39 is 10.0 Å².